The summed E-state index contributed by atoms with van der Waals surface area (Å²) < 4.78 is 10.3. The highest BCUT2D eigenvalue weighted by Crippen LogP contribution is 2.21. The molecule has 0 saturated heterocycles. The molecule has 1 aliphatic carbocycles. The van der Waals surface area contributed by atoms with Gasteiger partial charge in [0.2, 0.25) is 0 Å². The SMILES string of the molecule is CCOC(=O)c1[nH]c(C)c(C(=O)O[C@H](C)C(=O)NCCC2=CCCCC2)c1C. The molecule has 1 aromatic heterocycles. The van der Waals surface area contributed by atoms with Gasteiger partial charge in [-0.1, -0.05) is 11.6 Å². The second kappa shape index (κ2) is 10.1. The minimum absolute atomic E-state index is 0.226. The summed E-state index contributed by atoms with van der Waals surface area (Å²) in [6, 6.07) is 0. The van der Waals surface area contributed by atoms with Crippen LogP contribution in [0.5, 0.6) is 0 Å². The molecule has 0 fully saturated rings. The van der Waals surface area contributed by atoms with Crippen molar-refractivity contribution in [3.8, 4) is 0 Å². The predicted octanol–water partition coefficient (Wildman–Crippen LogP) is 3.36. The van der Waals surface area contributed by atoms with E-state index in [1.807, 2.05) is 0 Å². The minimum atomic E-state index is -0.924. The minimum Gasteiger partial charge on any atom is -0.461 e. The van der Waals surface area contributed by atoms with E-state index in [4.69, 9.17) is 9.47 Å². The van der Waals surface area contributed by atoms with Crippen molar-refractivity contribution >= 4 is 17.8 Å². The second-order valence-corrected chi connectivity index (χ2v) is 7.04. The number of nitrogens with one attached hydrogen (secondary N) is 2. The third-order valence-electron chi connectivity index (χ3n) is 4.90. The summed E-state index contributed by atoms with van der Waals surface area (Å²) in [7, 11) is 0. The van der Waals surface area contributed by atoms with E-state index in [9.17, 15) is 14.4 Å². The van der Waals surface area contributed by atoms with Crippen LogP contribution in [0.4, 0.5) is 0 Å². The Morgan fingerprint density at radius 2 is 1.96 bits per heavy atom. The van der Waals surface area contributed by atoms with Crippen LogP contribution in [0.1, 0.15) is 78.1 Å². The van der Waals surface area contributed by atoms with Gasteiger partial charge in [0, 0.05) is 12.2 Å². The molecular weight excluding hydrogens is 360 g/mol. The summed E-state index contributed by atoms with van der Waals surface area (Å²) >= 11 is 0. The molecule has 1 aliphatic rings. The van der Waals surface area contributed by atoms with Gasteiger partial charge < -0.3 is 19.8 Å². The molecule has 0 saturated carbocycles. The second-order valence-electron chi connectivity index (χ2n) is 7.04. The lowest BCUT2D eigenvalue weighted by atomic mass is 9.97. The number of hydrogen-bond acceptors (Lipinski definition) is 5. The average Bonchev–Trinajstić information content (AvgIpc) is 2.97. The number of hydrogen-bond donors (Lipinski definition) is 2. The first kappa shape index (κ1) is 21.7. The van der Waals surface area contributed by atoms with Crippen molar-refractivity contribution in [1.82, 2.24) is 10.3 Å². The van der Waals surface area contributed by atoms with Gasteiger partial charge >= 0.3 is 11.9 Å². The lowest BCUT2D eigenvalue weighted by Gasteiger charge is -2.16. The molecule has 0 radical (unpaired) electrons. The van der Waals surface area contributed by atoms with E-state index >= 15 is 0 Å². The summed E-state index contributed by atoms with van der Waals surface area (Å²) in [5.41, 5.74) is 2.82. The number of allylic oxidation sites excluding steroid dienone is 1. The highest BCUT2D eigenvalue weighted by molar-refractivity contribution is 5.99. The number of carbonyl (C=O) groups is 3. The molecule has 0 unspecified atom stereocenters. The largest absolute Gasteiger partial charge is 0.461 e. The molecule has 1 heterocycles. The molecule has 7 heteroatoms. The predicted molar refractivity (Wildman–Crippen MR) is 105 cm³/mol. The summed E-state index contributed by atoms with van der Waals surface area (Å²) in [5.74, 6) is -1.49. The first-order valence-corrected chi connectivity index (χ1v) is 9.88. The number of esters is 2. The van der Waals surface area contributed by atoms with Gasteiger partial charge in [0.05, 0.1) is 12.2 Å². The van der Waals surface area contributed by atoms with E-state index < -0.39 is 18.0 Å². The van der Waals surface area contributed by atoms with E-state index in [2.05, 4.69) is 16.4 Å². The molecule has 0 aromatic carbocycles. The van der Waals surface area contributed by atoms with Gasteiger partial charge in [0.25, 0.3) is 5.91 Å². The molecule has 154 valence electrons. The molecule has 28 heavy (non-hydrogen) atoms. The Balaban J connectivity index is 1.91. The fourth-order valence-corrected chi connectivity index (χ4v) is 3.36. The van der Waals surface area contributed by atoms with E-state index in [1.165, 1.54) is 25.3 Å². The van der Waals surface area contributed by atoms with E-state index in [0.29, 0.717) is 17.8 Å². The first-order chi connectivity index (χ1) is 13.3. The normalized spacial score (nSPS) is 14.8. The zero-order valence-electron chi connectivity index (χ0n) is 17.1. The van der Waals surface area contributed by atoms with Crippen molar-refractivity contribution in [2.24, 2.45) is 0 Å². The van der Waals surface area contributed by atoms with Crippen LogP contribution in [-0.4, -0.2) is 42.1 Å². The number of aromatic nitrogens is 1. The maximum atomic E-state index is 12.5. The number of amides is 1. The Morgan fingerprint density at radius 3 is 2.61 bits per heavy atom. The quantitative estimate of drug-likeness (QED) is 0.524. The van der Waals surface area contributed by atoms with Crippen molar-refractivity contribution < 1.29 is 23.9 Å². The van der Waals surface area contributed by atoms with Gasteiger partial charge in [-0.05, 0) is 65.4 Å². The van der Waals surface area contributed by atoms with Crippen LogP contribution >= 0.6 is 0 Å². The van der Waals surface area contributed by atoms with Crippen molar-refractivity contribution in [2.45, 2.75) is 65.9 Å². The third kappa shape index (κ3) is 5.47. The van der Waals surface area contributed by atoms with Crippen LogP contribution in [0.15, 0.2) is 11.6 Å². The maximum absolute atomic E-state index is 12.5. The third-order valence-corrected chi connectivity index (χ3v) is 4.90. The zero-order valence-corrected chi connectivity index (χ0v) is 17.1. The van der Waals surface area contributed by atoms with Gasteiger partial charge in [0.15, 0.2) is 6.10 Å². The first-order valence-electron chi connectivity index (χ1n) is 9.88. The number of H-pyrrole nitrogens is 1. The van der Waals surface area contributed by atoms with Gasteiger partial charge in [-0.25, -0.2) is 9.59 Å². The van der Waals surface area contributed by atoms with E-state index in [-0.39, 0.29) is 23.8 Å². The van der Waals surface area contributed by atoms with Gasteiger partial charge in [-0.3, -0.25) is 4.79 Å². The van der Waals surface area contributed by atoms with Crippen LogP contribution < -0.4 is 5.32 Å². The summed E-state index contributed by atoms with van der Waals surface area (Å²) in [6.07, 6.45) is 6.79. The Hall–Kier alpha value is -2.57. The van der Waals surface area contributed by atoms with Crippen LogP contribution in [0.25, 0.3) is 0 Å². The standard InChI is InChI=1S/C21H30N2O5/c1-5-27-21(26)18-13(2)17(14(3)23-18)20(25)28-15(4)19(24)22-12-11-16-9-7-6-8-10-16/h9,15,23H,5-8,10-12H2,1-4H3,(H,22,24)/t15-/m1/s1. The Bertz CT molecular complexity index is 763. The Morgan fingerprint density at radius 1 is 1.21 bits per heavy atom. The molecule has 1 atom stereocenters. The van der Waals surface area contributed by atoms with E-state index in [0.717, 1.165) is 19.3 Å². The van der Waals surface area contributed by atoms with Crippen LogP contribution in [0.2, 0.25) is 0 Å². The van der Waals surface area contributed by atoms with Crippen molar-refractivity contribution in [3.63, 3.8) is 0 Å². The Labute approximate surface area is 165 Å². The monoisotopic (exact) mass is 390 g/mol. The highest BCUT2D eigenvalue weighted by atomic mass is 16.5. The summed E-state index contributed by atoms with van der Waals surface area (Å²) in [6.45, 7) is 7.34. The van der Waals surface area contributed by atoms with E-state index in [1.54, 1.807) is 20.8 Å². The number of rotatable bonds is 8. The highest BCUT2D eigenvalue weighted by Gasteiger charge is 2.26. The molecule has 2 N–H and O–H groups in total. The van der Waals surface area contributed by atoms with Crippen LogP contribution in [0, 0.1) is 13.8 Å². The summed E-state index contributed by atoms with van der Waals surface area (Å²) in [5, 5.41) is 2.82. The number of ether oxygens (including phenoxy) is 2. The number of carbonyl (C=O) groups excluding carboxylic acids is 3. The van der Waals surface area contributed by atoms with Crippen LogP contribution in [0.3, 0.4) is 0 Å². The zero-order chi connectivity index (χ0) is 20.7. The molecule has 0 aliphatic heterocycles. The van der Waals surface area contributed by atoms with Gasteiger partial charge in [-0.2, -0.15) is 0 Å². The molecule has 0 spiro atoms. The smallest absolute Gasteiger partial charge is 0.355 e. The molecule has 1 aromatic rings. The number of aromatic amines is 1. The van der Waals surface area contributed by atoms with Gasteiger partial charge in [-0.15, -0.1) is 0 Å². The molecule has 7 nitrogen and oxygen atoms in total. The average molecular weight is 390 g/mol. The lowest BCUT2D eigenvalue weighted by molar-refractivity contribution is -0.129. The molecule has 0 bridgehead atoms. The molecule has 2 rings (SSSR count). The fraction of sp³-hybridized carbons (Fsp3) is 0.571. The fourth-order valence-electron chi connectivity index (χ4n) is 3.36. The van der Waals surface area contributed by atoms with Crippen molar-refractivity contribution in [3.05, 3.63) is 34.2 Å². The van der Waals surface area contributed by atoms with Crippen molar-refractivity contribution in [2.75, 3.05) is 13.2 Å². The maximum Gasteiger partial charge on any atom is 0.355 e. The van der Waals surface area contributed by atoms with Crippen molar-refractivity contribution in [1.29, 1.82) is 0 Å². The van der Waals surface area contributed by atoms with Crippen LogP contribution in [-0.2, 0) is 14.3 Å². The topological polar surface area (TPSA) is 97.5 Å². The van der Waals surface area contributed by atoms with Gasteiger partial charge in [0.1, 0.15) is 5.69 Å². The molecule has 1 amide bonds. The molecular formula is C21H30N2O5. The lowest BCUT2D eigenvalue weighted by Crippen LogP contribution is -2.36. The number of aryl methyl sites for hydroxylation is 1. The Kier molecular flexibility index (Phi) is 7.84. The summed E-state index contributed by atoms with van der Waals surface area (Å²) in [4.78, 5) is 39.6.